The van der Waals surface area contributed by atoms with Crippen molar-refractivity contribution >= 4 is 5.97 Å². The number of ether oxygens (including phenoxy) is 2. The lowest BCUT2D eigenvalue weighted by molar-refractivity contribution is -0.139. The Balaban J connectivity index is 2.07. The van der Waals surface area contributed by atoms with E-state index in [1.54, 1.807) is 0 Å². The smallest absolute Gasteiger partial charge is 0.333 e. The van der Waals surface area contributed by atoms with E-state index in [2.05, 4.69) is 11.3 Å². The van der Waals surface area contributed by atoms with Crippen molar-refractivity contribution in [3.05, 3.63) is 12.2 Å². The van der Waals surface area contributed by atoms with Crippen LogP contribution in [0.2, 0.25) is 0 Å². The third-order valence-corrected chi connectivity index (χ3v) is 1.85. The average Bonchev–Trinajstić information content (AvgIpc) is 2.83. The second-order valence-electron chi connectivity index (χ2n) is 3.18. The SMILES string of the molecule is C=C(C)C(=O)OCCC1OC1C(F)F. The second kappa shape index (κ2) is 4.50. The quantitative estimate of drug-likeness (QED) is 0.389. The summed E-state index contributed by atoms with van der Waals surface area (Å²) >= 11 is 0. The predicted octanol–water partition coefficient (Wildman–Crippen LogP) is 1.53. The normalized spacial score (nSPS) is 24.9. The van der Waals surface area contributed by atoms with Gasteiger partial charge in [0.1, 0.15) is 6.10 Å². The lowest BCUT2D eigenvalue weighted by atomic mass is 10.2. The molecule has 0 aromatic heterocycles. The third-order valence-electron chi connectivity index (χ3n) is 1.85. The van der Waals surface area contributed by atoms with Crippen molar-refractivity contribution in [3.63, 3.8) is 0 Å². The highest BCUT2D eigenvalue weighted by Crippen LogP contribution is 2.30. The number of hydrogen-bond acceptors (Lipinski definition) is 3. The van der Waals surface area contributed by atoms with Crippen LogP contribution in [0.15, 0.2) is 12.2 Å². The summed E-state index contributed by atoms with van der Waals surface area (Å²) in [7, 11) is 0. The molecule has 0 amide bonds. The van der Waals surface area contributed by atoms with Crippen LogP contribution in [-0.4, -0.2) is 31.2 Å². The van der Waals surface area contributed by atoms with Crippen molar-refractivity contribution in [2.45, 2.75) is 32.0 Å². The zero-order chi connectivity index (χ0) is 10.7. The van der Waals surface area contributed by atoms with Gasteiger partial charge in [0.25, 0.3) is 6.43 Å². The van der Waals surface area contributed by atoms with E-state index in [-0.39, 0.29) is 6.61 Å². The van der Waals surface area contributed by atoms with Gasteiger partial charge in [-0.3, -0.25) is 0 Å². The Hall–Kier alpha value is -0.970. The maximum absolute atomic E-state index is 11.9. The van der Waals surface area contributed by atoms with Gasteiger partial charge in [0.15, 0.2) is 0 Å². The Morgan fingerprint density at radius 2 is 2.29 bits per heavy atom. The summed E-state index contributed by atoms with van der Waals surface area (Å²) < 4.78 is 33.3. The highest BCUT2D eigenvalue weighted by Gasteiger charge is 2.45. The van der Waals surface area contributed by atoms with E-state index < -0.39 is 24.6 Å². The van der Waals surface area contributed by atoms with Crippen molar-refractivity contribution in [1.29, 1.82) is 0 Å². The molecule has 0 N–H and O–H groups in total. The van der Waals surface area contributed by atoms with Crippen LogP contribution >= 0.6 is 0 Å². The minimum Gasteiger partial charge on any atom is -0.462 e. The van der Waals surface area contributed by atoms with E-state index in [1.807, 2.05) is 0 Å². The molecule has 14 heavy (non-hydrogen) atoms. The van der Waals surface area contributed by atoms with E-state index >= 15 is 0 Å². The van der Waals surface area contributed by atoms with Crippen LogP contribution in [0, 0.1) is 0 Å². The summed E-state index contributed by atoms with van der Waals surface area (Å²) in [6.07, 6.45) is -3.57. The van der Waals surface area contributed by atoms with Gasteiger partial charge in [0.2, 0.25) is 0 Å². The molecule has 80 valence electrons. The van der Waals surface area contributed by atoms with Gasteiger partial charge in [-0.2, -0.15) is 0 Å². The number of carbonyl (C=O) groups excluding carboxylic acids is 1. The van der Waals surface area contributed by atoms with E-state index in [9.17, 15) is 13.6 Å². The molecule has 1 heterocycles. The maximum Gasteiger partial charge on any atom is 0.333 e. The summed E-state index contributed by atoms with van der Waals surface area (Å²) in [6, 6.07) is 0. The molecule has 5 heteroatoms. The molecule has 1 saturated heterocycles. The first-order chi connectivity index (χ1) is 6.52. The van der Waals surface area contributed by atoms with Crippen LogP contribution in [0.4, 0.5) is 8.78 Å². The summed E-state index contributed by atoms with van der Waals surface area (Å²) in [5.41, 5.74) is 0.298. The molecule has 1 aliphatic heterocycles. The third kappa shape index (κ3) is 3.06. The van der Waals surface area contributed by atoms with Crippen LogP contribution in [-0.2, 0) is 14.3 Å². The minimum absolute atomic E-state index is 0.0968. The topological polar surface area (TPSA) is 38.8 Å². The number of halogens is 2. The van der Waals surface area contributed by atoms with Gasteiger partial charge in [0.05, 0.1) is 12.7 Å². The number of rotatable bonds is 5. The standard InChI is InChI=1S/C9H12F2O3/c1-5(2)9(12)13-4-3-6-7(14-6)8(10)11/h6-8H,1,3-4H2,2H3. The highest BCUT2D eigenvalue weighted by atomic mass is 19.3. The molecule has 0 aliphatic carbocycles. The first kappa shape index (κ1) is 11.1. The molecule has 1 fully saturated rings. The van der Waals surface area contributed by atoms with Gasteiger partial charge in [-0.15, -0.1) is 0 Å². The lowest BCUT2D eigenvalue weighted by Crippen LogP contribution is -2.10. The van der Waals surface area contributed by atoms with Crippen molar-refractivity contribution < 1.29 is 23.0 Å². The molecule has 1 aliphatic rings. The van der Waals surface area contributed by atoms with Crippen LogP contribution in [0.25, 0.3) is 0 Å². The monoisotopic (exact) mass is 206 g/mol. The molecule has 0 aromatic rings. The summed E-state index contributed by atoms with van der Waals surface area (Å²) in [5.74, 6) is -0.501. The minimum atomic E-state index is -2.45. The van der Waals surface area contributed by atoms with Crippen LogP contribution in [0.3, 0.4) is 0 Å². The molecule has 2 atom stereocenters. The summed E-state index contributed by atoms with van der Waals surface area (Å²) in [4.78, 5) is 10.8. The second-order valence-corrected chi connectivity index (χ2v) is 3.18. The van der Waals surface area contributed by atoms with Crippen LogP contribution < -0.4 is 0 Å². The van der Waals surface area contributed by atoms with E-state index in [0.29, 0.717) is 12.0 Å². The molecule has 0 spiro atoms. The first-order valence-electron chi connectivity index (χ1n) is 4.28. The Morgan fingerprint density at radius 3 is 2.71 bits per heavy atom. The zero-order valence-electron chi connectivity index (χ0n) is 7.83. The largest absolute Gasteiger partial charge is 0.462 e. The zero-order valence-corrected chi connectivity index (χ0v) is 7.83. The summed E-state index contributed by atoms with van der Waals surface area (Å²) in [5, 5.41) is 0. The van der Waals surface area contributed by atoms with Gasteiger partial charge in [-0.25, -0.2) is 13.6 Å². The lowest BCUT2D eigenvalue weighted by Gasteiger charge is -2.01. The Morgan fingerprint density at radius 1 is 1.64 bits per heavy atom. The summed E-state index contributed by atoms with van der Waals surface area (Å²) in [6.45, 7) is 5.01. The van der Waals surface area contributed by atoms with Gasteiger partial charge in [-0.1, -0.05) is 6.58 Å². The van der Waals surface area contributed by atoms with Crippen LogP contribution in [0.5, 0.6) is 0 Å². The van der Waals surface area contributed by atoms with Gasteiger partial charge >= 0.3 is 5.97 Å². The molecule has 2 unspecified atom stereocenters. The number of alkyl halides is 2. The fourth-order valence-corrected chi connectivity index (χ4v) is 1.00. The number of hydrogen-bond donors (Lipinski definition) is 0. The molecular formula is C9H12F2O3. The van der Waals surface area contributed by atoms with Crippen molar-refractivity contribution in [3.8, 4) is 0 Å². The molecular weight excluding hydrogens is 194 g/mol. The van der Waals surface area contributed by atoms with Gasteiger partial charge in [-0.05, 0) is 6.92 Å². The maximum atomic E-state index is 11.9. The van der Waals surface area contributed by atoms with E-state index in [1.165, 1.54) is 6.92 Å². The van der Waals surface area contributed by atoms with Gasteiger partial charge in [0, 0.05) is 12.0 Å². The first-order valence-corrected chi connectivity index (χ1v) is 4.28. The van der Waals surface area contributed by atoms with Crippen molar-refractivity contribution in [2.75, 3.05) is 6.61 Å². The Labute approximate surface area is 80.7 Å². The highest BCUT2D eigenvalue weighted by molar-refractivity contribution is 5.86. The van der Waals surface area contributed by atoms with Gasteiger partial charge < -0.3 is 9.47 Å². The van der Waals surface area contributed by atoms with Crippen LogP contribution in [0.1, 0.15) is 13.3 Å². The number of carbonyl (C=O) groups is 1. The predicted molar refractivity (Wildman–Crippen MR) is 45.1 cm³/mol. The average molecular weight is 206 g/mol. The Bertz CT molecular complexity index is 240. The molecule has 0 radical (unpaired) electrons. The molecule has 0 aromatic carbocycles. The van der Waals surface area contributed by atoms with Crippen molar-refractivity contribution in [2.24, 2.45) is 0 Å². The fraction of sp³-hybridized carbons (Fsp3) is 0.667. The van der Waals surface area contributed by atoms with E-state index in [0.717, 1.165) is 0 Å². The van der Waals surface area contributed by atoms with Crippen molar-refractivity contribution in [1.82, 2.24) is 0 Å². The molecule has 1 rings (SSSR count). The Kier molecular flexibility index (Phi) is 3.57. The fourth-order valence-electron chi connectivity index (χ4n) is 1.00. The van der Waals surface area contributed by atoms with E-state index in [4.69, 9.17) is 4.74 Å². The molecule has 0 saturated carbocycles. The number of epoxide rings is 1. The molecule has 3 nitrogen and oxygen atoms in total. The molecule has 0 bridgehead atoms. The number of esters is 1.